The number of hydrazine groups is 1. The molecule has 1 saturated heterocycles. The Morgan fingerprint density at radius 3 is 2.50 bits per heavy atom. The van der Waals surface area contributed by atoms with E-state index in [1.165, 1.54) is 0 Å². The van der Waals surface area contributed by atoms with E-state index in [-0.39, 0.29) is 5.92 Å². The van der Waals surface area contributed by atoms with Crippen LogP contribution in [0.5, 0.6) is 0 Å². The van der Waals surface area contributed by atoms with Crippen molar-refractivity contribution in [1.82, 2.24) is 19.9 Å². The molecule has 0 unspecified atom stereocenters. The molecule has 9 heteroatoms. The summed E-state index contributed by atoms with van der Waals surface area (Å²) in [4.78, 5) is 14.3. The predicted molar refractivity (Wildman–Crippen MR) is 88.3 cm³/mol. The molecule has 0 spiro atoms. The second kappa shape index (κ2) is 6.41. The maximum absolute atomic E-state index is 12.4. The first-order chi connectivity index (χ1) is 11.4. The van der Waals surface area contributed by atoms with Crippen molar-refractivity contribution in [1.29, 1.82) is 0 Å². The fourth-order valence-corrected chi connectivity index (χ4v) is 4.89. The molecule has 0 bridgehead atoms. The van der Waals surface area contributed by atoms with E-state index < -0.39 is 27.6 Å². The van der Waals surface area contributed by atoms with Crippen LogP contribution in [0.2, 0.25) is 0 Å². The monoisotopic (exact) mass is 354 g/mol. The molecule has 3 rings (SSSR count). The van der Waals surface area contributed by atoms with E-state index in [9.17, 15) is 18.3 Å². The first-order valence-electron chi connectivity index (χ1n) is 7.92. The van der Waals surface area contributed by atoms with E-state index in [2.05, 4.69) is 14.9 Å². The smallest absolute Gasteiger partial charge is 0.325 e. The number of carboxylic acids is 1. The van der Waals surface area contributed by atoms with Crippen molar-refractivity contribution in [3.05, 3.63) is 35.9 Å². The summed E-state index contributed by atoms with van der Waals surface area (Å²) in [5, 5.41) is 14.4. The Kier molecular flexibility index (Phi) is 4.63. The number of piperazine rings is 1. The number of carbonyl (C=O) groups is 1. The number of carboxylic acid groups (broad SMARTS) is 1. The number of nitrogens with zero attached hydrogens (tertiary/aromatic N) is 1. The number of hydrogen-bond acceptors (Lipinski definition) is 5. The minimum Gasteiger partial charge on any atom is -0.480 e. The summed E-state index contributed by atoms with van der Waals surface area (Å²) < 4.78 is 27.3. The van der Waals surface area contributed by atoms with Crippen molar-refractivity contribution in [2.24, 2.45) is 5.92 Å². The van der Waals surface area contributed by atoms with E-state index in [0.717, 1.165) is 5.56 Å². The van der Waals surface area contributed by atoms with Crippen molar-refractivity contribution < 1.29 is 18.3 Å². The minimum atomic E-state index is -3.98. The number of benzene rings is 1. The molecule has 1 aromatic rings. The Morgan fingerprint density at radius 1 is 1.29 bits per heavy atom. The molecule has 0 radical (unpaired) electrons. The molecule has 2 aliphatic rings. The van der Waals surface area contributed by atoms with Gasteiger partial charge in [-0.25, -0.2) is 5.01 Å². The van der Waals surface area contributed by atoms with Crippen LogP contribution < -0.4 is 14.9 Å². The van der Waals surface area contributed by atoms with Gasteiger partial charge < -0.3 is 10.4 Å². The van der Waals surface area contributed by atoms with Crippen LogP contribution in [0, 0.1) is 5.92 Å². The maximum atomic E-state index is 12.4. The molecule has 1 heterocycles. The third kappa shape index (κ3) is 3.17. The molecule has 3 atom stereocenters. The summed E-state index contributed by atoms with van der Waals surface area (Å²) in [5.74, 6) is -1.89. The van der Waals surface area contributed by atoms with Gasteiger partial charge in [0.2, 0.25) is 0 Å². The Hall–Kier alpha value is -1.52. The SMILES string of the molecule is C[C@@H]1[C@H](c2ccccc2)[C@]1(NS(=O)(=O)NN1CCNCC1)C(=O)O. The molecule has 24 heavy (non-hydrogen) atoms. The minimum absolute atomic E-state index is 0.336. The van der Waals surface area contributed by atoms with Gasteiger partial charge in [-0.1, -0.05) is 37.3 Å². The van der Waals surface area contributed by atoms with E-state index in [1.807, 2.05) is 30.3 Å². The Labute approximate surface area is 141 Å². The highest BCUT2D eigenvalue weighted by atomic mass is 32.2. The zero-order valence-electron chi connectivity index (χ0n) is 13.4. The molecule has 2 fully saturated rings. The molecule has 0 aromatic heterocycles. The predicted octanol–water partition coefficient (Wildman–Crippen LogP) is -0.512. The van der Waals surface area contributed by atoms with Gasteiger partial charge in [0.15, 0.2) is 0 Å². The molecule has 8 nitrogen and oxygen atoms in total. The van der Waals surface area contributed by atoms with Crippen molar-refractivity contribution in [3.8, 4) is 0 Å². The molecule has 4 N–H and O–H groups in total. The van der Waals surface area contributed by atoms with Crippen LogP contribution in [-0.4, -0.2) is 56.2 Å². The number of nitrogens with one attached hydrogen (secondary N) is 3. The second-order valence-electron chi connectivity index (χ2n) is 6.29. The zero-order chi connectivity index (χ0) is 17.4. The van der Waals surface area contributed by atoms with E-state index in [4.69, 9.17) is 0 Å². The third-order valence-corrected chi connectivity index (χ3v) is 5.89. The fraction of sp³-hybridized carbons (Fsp3) is 0.533. The van der Waals surface area contributed by atoms with Gasteiger partial charge >= 0.3 is 5.97 Å². The van der Waals surface area contributed by atoms with Gasteiger partial charge in [-0.3, -0.25) is 4.79 Å². The van der Waals surface area contributed by atoms with Crippen LogP contribution in [0.25, 0.3) is 0 Å². The first kappa shape index (κ1) is 17.3. The topological polar surface area (TPSA) is 111 Å². The average molecular weight is 354 g/mol. The Morgan fingerprint density at radius 2 is 1.92 bits per heavy atom. The van der Waals surface area contributed by atoms with Crippen LogP contribution in [0.3, 0.4) is 0 Å². The lowest BCUT2D eigenvalue weighted by molar-refractivity contribution is -0.140. The highest BCUT2D eigenvalue weighted by Crippen LogP contribution is 2.57. The molecular weight excluding hydrogens is 332 g/mol. The van der Waals surface area contributed by atoms with Gasteiger partial charge in [0.1, 0.15) is 5.54 Å². The normalized spacial score (nSPS) is 30.9. The summed E-state index contributed by atoms with van der Waals surface area (Å²) >= 11 is 0. The van der Waals surface area contributed by atoms with Gasteiger partial charge in [0.05, 0.1) is 0 Å². The van der Waals surface area contributed by atoms with Crippen LogP contribution in [-0.2, 0) is 15.0 Å². The first-order valence-corrected chi connectivity index (χ1v) is 9.40. The highest BCUT2D eigenvalue weighted by molar-refractivity contribution is 7.87. The van der Waals surface area contributed by atoms with Gasteiger partial charge in [-0.15, -0.1) is 4.83 Å². The molecule has 0 amide bonds. The molecule has 1 aromatic carbocycles. The lowest BCUT2D eigenvalue weighted by atomic mass is 10.1. The average Bonchev–Trinajstić information content (AvgIpc) is 3.13. The fourth-order valence-electron chi connectivity index (χ4n) is 3.47. The maximum Gasteiger partial charge on any atom is 0.325 e. The van der Waals surface area contributed by atoms with Gasteiger partial charge in [0.25, 0.3) is 10.2 Å². The quantitative estimate of drug-likeness (QED) is 0.548. The van der Waals surface area contributed by atoms with Crippen molar-refractivity contribution >= 4 is 16.2 Å². The standard InChI is InChI=1S/C15H22N4O4S/c1-11-13(12-5-3-2-4-6-12)15(11,14(20)21)17-24(22,23)18-19-9-7-16-8-10-19/h2-6,11,13,16-18H,7-10H2,1H3,(H,20,21)/t11-,13-,15+/m1/s1. The largest absolute Gasteiger partial charge is 0.480 e. The second-order valence-corrected chi connectivity index (χ2v) is 7.68. The van der Waals surface area contributed by atoms with E-state index >= 15 is 0 Å². The molecule has 1 aliphatic carbocycles. The van der Waals surface area contributed by atoms with Crippen LogP contribution >= 0.6 is 0 Å². The van der Waals surface area contributed by atoms with Crippen LogP contribution in [0.1, 0.15) is 18.4 Å². The molecule has 1 aliphatic heterocycles. The lowest BCUT2D eigenvalue weighted by Gasteiger charge is -2.28. The Balaban J connectivity index is 1.78. The van der Waals surface area contributed by atoms with Crippen LogP contribution in [0.4, 0.5) is 0 Å². The van der Waals surface area contributed by atoms with E-state index in [1.54, 1.807) is 11.9 Å². The Bertz CT molecular complexity index is 705. The molecule has 132 valence electrons. The lowest BCUT2D eigenvalue weighted by Crippen LogP contribution is -2.58. The van der Waals surface area contributed by atoms with Gasteiger partial charge in [-0.2, -0.15) is 13.1 Å². The summed E-state index contributed by atoms with van der Waals surface area (Å²) in [5.41, 5.74) is -0.696. The van der Waals surface area contributed by atoms with Gasteiger partial charge in [0, 0.05) is 32.1 Å². The van der Waals surface area contributed by atoms with Crippen molar-refractivity contribution in [2.75, 3.05) is 26.2 Å². The summed E-state index contributed by atoms with van der Waals surface area (Å²) in [6, 6.07) is 9.13. The molecule has 1 saturated carbocycles. The summed E-state index contributed by atoms with van der Waals surface area (Å²) in [6.45, 7) is 4.15. The molecular formula is C15H22N4O4S. The number of hydrogen-bond donors (Lipinski definition) is 4. The summed E-state index contributed by atoms with van der Waals surface area (Å²) in [6.07, 6.45) is 0. The third-order valence-electron chi connectivity index (χ3n) is 4.78. The van der Waals surface area contributed by atoms with E-state index in [0.29, 0.717) is 26.2 Å². The highest BCUT2D eigenvalue weighted by Gasteiger charge is 2.70. The van der Waals surface area contributed by atoms with Crippen molar-refractivity contribution in [3.63, 3.8) is 0 Å². The van der Waals surface area contributed by atoms with Crippen molar-refractivity contribution in [2.45, 2.75) is 18.4 Å². The number of aliphatic carboxylic acids is 1. The van der Waals surface area contributed by atoms with Gasteiger partial charge in [-0.05, 0) is 11.5 Å². The zero-order valence-corrected chi connectivity index (χ0v) is 14.2. The van der Waals surface area contributed by atoms with Crippen LogP contribution in [0.15, 0.2) is 30.3 Å². The number of rotatable bonds is 6. The summed E-state index contributed by atoms with van der Waals surface area (Å²) in [7, 11) is -3.98.